The van der Waals surface area contributed by atoms with Crippen LogP contribution in [0.5, 0.6) is 0 Å². The maximum atomic E-state index is 12.9. The third-order valence-electron chi connectivity index (χ3n) is 5.49. The van der Waals surface area contributed by atoms with Gasteiger partial charge >= 0.3 is 6.18 Å². The van der Waals surface area contributed by atoms with Crippen LogP contribution in [0.3, 0.4) is 0 Å². The van der Waals surface area contributed by atoms with Gasteiger partial charge in [0.05, 0.1) is 23.3 Å². The summed E-state index contributed by atoms with van der Waals surface area (Å²) in [6.45, 7) is 5.48. The Labute approximate surface area is 196 Å². The molecule has 0 unspecified atom stereocenters. The number of pyridine rings is 1. The molecule has 2 N–H and O–H groups in total. The summed E-state index contributed by atoms with van der Waals surface area (Å²) in [6, 6.07) is 14.7. The number of nitrogens with one attached hydrogen (secondary N) is 2. The lowest BCUT2D eigenvalue weighted by Crippen LogP contribution is -2.17. The summed E-state index contributed by atoms with van der Waals surface area (Å²) in [5, 5.41) is 7.30. The van der Waals surface area contributed by atoms with Gasteiger partial charge in [0.15, 0.2) is 0 Å². The number of rotatable bonds is 8. The normalized spacial score (nSPS) is 11.7. The van der Waals surface area contributed by atoms with Crippen molar-refractivity contribution in [2.75, 3.05) is 11.9 Å². The smallest absolute Gasteiger partial charge is 0.340 e. The van der Waals surface area contributed by atoms with Gasteiger partial charge in [-0.05, 0) is 67.9 Å². The number of hydrogen-bond donors (Lipinski definition) is 2. The van der Waals surface area contributed by atoms with Crippen LogP contribution in [0.2, 0.25) is 0 Å². The summed E-state index contributed by atoms with van der Waals surface area (Å²) < 4.78 is 38.8. The molecule has 34 heavy (non-hydrogen) atoms. The number of halogens is 3. The molecule has 0 atom stereocenters. The highest BCUT2D eigenvalue weighted by atomic mass is 19.4. The Morgan fingerprint density at radius 1 is 0.971 bits per heavy atom. The number of alkyl halides is 3. The van der Waals surface area contributed by atoms with Crippen molar-refractivity contribution >= 4 is 22.4 Å². The topological polar surface area (TPSA) is 62.7 Å². The maximum absolute atomic E-state index is 12.9. The van der Waals surface area contributed by atoms with Crippen molar-refractivity contribution in [2.24, 2.45) is 0 Å². The molecule has 2 heterocycles. The molecule has 4 rings (SSSR count). The fraction of sp³-hybridized carbons (Fsp3) is 0.269. The summed E-state index contributed by atoms with van der Waals surface area (Å²) in [5.41, 5.74) is 3.43. The van der Waals surface area contributed by atoms with E-state index in [0.717, 1.165) is 59.2 Å². The van der Waals surface area contributed by atoms with Crippen LogP contribution >= 0.6 is 0 Å². The average Bonchev–Trinajstić information content (AvgIpc) is 2.81. The number of nitrogens with zero attached hydrogens (tertiary/aromatic N) is 3. The molecule has 0 radical (unpaired) electrons. The highest BCUT2D eigenvalue weighted by molar-refractivity contribution is 5.93. The van der Waals surface area contributed by atoms with Gasteiger partial charge in [0, 0.05) is 22.8 Å². The third-order valence-corrected chi connectivity index (χ3v) is 5.49. The van der Waals surface area contributed by atoms with Crippen LogP contribution in [0.4, 0.5) is 24.7 Å². The molecule has 0 saturated carbocycles. The average molecular weight is 466 g/mol. The highest BCUT2D eigenvalue weighted by Crippen LogP contribution is 2.32. The number of fused-ring (bicyclic) bond motifs is 1. The van der Waals surface area contributed by atoms with Crippen LogP contribution in [0, 0.1) is 6.92 Å². The van der Waals surface area contributed by atoms with Gasteiger partial charge in [0.2, 0.25) is 0 Å². The zero-order valence-corrected chi connectivity index (χ0v) is 19.1. The van der Waals surface area contributed by atoms with Crippen LogP contribution in [0.25, 0.3) is 22.2 Å². The van der Waals surface area contributed by atoms with Gasteiger partial charge in [-0.25, -0.2) is 9.97 Å². The summed E-state index contributed by atoms with van der Waals surface area (Å²) in [6.07, 6.45) is -0.489. The van der Waals surface area contributed by atoms with E-state index in [1.165, 1.54) is 12.1 Å². The Morgan fingerprint density at radius 3 is 2.47 bits per heavy atom. The molecule has 0 fully saturated rings. The molecule has 0 aliphatic rings. The van der Waals surface area contributed by atoms with E-state index in [-0.39, 0.29) is 0 Å². The highest BCUT2D eigenvalue weighted by Gasteiger charge is 2.30. The van der Waals surface area contributed by atoms with E-state index in [0.29, 0.717) is 23.9 Å². The van der Waals surface area contributed by atoms with Crippen molar-refractivity contribution in [3.05, 3.63) is 77.7 Å². The lowest BCUT2D eigenvalue weighted by atomic mass is 10.0. The molecular formula is C26H26F3N5. The van der Waals surface area contributed by atoms with E-state index in [1.54, 1.807) is 6.20 Å². The number of anilines is 2. The Morgan fingerprint density at radius 2 is 1.76 bits per heavy atom. The lowest BCUT2D eigenvalue weighted by molar-refractivity contribution is -0.137. The van der Waals surface area contributed by atoms with Gasteiger partial charge < -0.3 is 10.6 Å². The summed E-state index contributed by atoms with van der Waals surface area (Å²) in [4.78, 5) is 13.9. The Kier molecular flexibility index (Phi) is 7.07. The molecule has 0 saturated heterocycles. The molecule has 0 spiro atoms. The molecule has 4 aromatic rings. The quantitative estimate of drug-likeness (QED) is 0.285. The second-order valence-electron chi connectivity index (χ2n) is 8.12. The van der Waals surface area contributed by atoms with E-state index in [4.69, 9.17) is 4.98 Å². The van der Waals surface area contributed by atoms with E-state index < -0.39 is 11.7 Å². The molecule has 176 valence electrons. The monoisotopic (exact) mass is 465 g/mol. The second kappa shape index (κ2) is 10.2. The molecule has 2 aromatic heterocycles. The molecule has 8 heteroatoms. The molecule has 2 aromatic carbocycles. The molecule has 0 bridgehead atoms. The third kappa shape index (κ3) is 5.51. The van der Waals surface area contributed by atoms with Crippen LogP contribution < -0.4 is 10.6 Å². The van der Waals surface area contributed by atoms with Crippen molar-refractivity contribution in [3.63, 3.8) is 0 Å². The van der Waals surface area contributed by atoms with Gasteiger partial charge in [0.25, 0.3) is 0 Å². The molecular weight excluding hydrogens is 439 g/mol. The summed E-state index contributed by atoms with van der Waals surface area (Å²) in [5.74, 6) is 1.15. The molecule has 0 aliphatic carbocycles. The Balaban J connectivity index is 1.71. The van der Waals surface area contributed by atoms with Crippen molar-refractivity contribution in [1.29, 1.82) is 0 Å². The molecule has 0 aliphatic heterocycles. The maximum Gasteiger partial charge on any atom is 0.416 e. The Hall–Kier alpha value is -3.52. The number of unbranched alkanes of at least 4 members (excludes halogenated alkanes) is 1. The van der Waals surface area contributed by atoms with Crippen molar-refractivity contribution in [3.8, 4) is 11.3 Å². The minimum absolute atomic E-state index is 0.491. The first-order valence-corrected chi connectivity index (χ1v) is 11.2. The van der Waals surface area contributed by atoms with E-state index >= 15 is 0 Å². The van der Waals surface area contributed by atoms with Crippen LogP contribution in [-0.4, -0.2) is 21.5 Å². The first-order chi connectivity index (χ1) is 16.3. The minimum atomic E-state index is -4.38. The first kappa shape index (κ1) is 23.6. The zero-order chi connectivity index (χ0) is 24.1. The summed E-state index contributed by atoms with van der Waals surface area (Å²) in [7, 11) is 0. The molecule has 0 amide bonds. The fourth-order valence-electron chi connectivity index (χ4n) is 3.67. The fourth-order valence-corrected chi connectivity index (χ4v) is 3.67. The van der Waals surface area contributed by atoms with Gasteiger partial charge in [-0.2, -0.15) is 13.2 Å². The zero-order valence-electron chi connectivity index (χ0n) is 19.1. The van der Waals surface area contributed by atoms with Crippen LogP contribution in [-0.2, 0) is 12.7 Å². The van der Waals surface area contributed by atoms with Crippen molar-refractivity contribution < 1.29 is 13.2 Å². The number of aromatic nitrogens is 3. The van der Waals surface area contributed by atoms with Crippen molar-refractivity contribution in [1.82, 2.24) is 20.3 Å². The minimum Gasteiger partial charge on any atom is -0.340 e. The number of aryl methyl sites for hydroxylation is 1. The van der Waals surface area contributed by atoms with E-state index in [1.807, 2.05) is 37.3 Å². The first-order valence-electron chi connectivity index (χ1n) is 11.2. The van der Waals surface area contributed by atoms with Gasteiger partial charge in [-0.3, -0.25) is 4.98 Å². The number of hydrogen-bond acceptors (Lipinski definition) is 5. The molecule has 5 nitrogen and oxygen atoms in total. The standard InChI is InChI=1S/C26H26F3N5/c1-3-4-13-30-16-23-33-22-15-18(24-17(2)6-5-14-31-24)7-12-21(22)25(34-23)32-20-10-8-19(9-11-20)26(27,28)29/h5-12,14-15,30H,3-4,13,16H2,1-2H3,(H,32,33,34). The Bertz CT molecular complexity index is 1270. The van der Waals surface area contributed by atoms with Crippen LogP contribution in [0.1, 0.15) is 36.7 Å². The van der Waals surface area contributed by atoms with E-state index in [2.05, 4.69) is 27.5 Å². The van der Waals surface area contributed by atoms with Crippen molar-refractivity contribution in [2.45, 2.75) is 39.4 Å². The SMILES string of the molecule is CCCCNCc1nc(Nc2ccc(C(F)(F)F)cc2)c2ccc(-c3ncccc3C)cc2n1. The van der Waals surface area contributed by atoms with Gasteiger partial charge in [0.1, 0.15) is 11.6 Å². The largest absolute Gasteiger partial charge is 0.416 e. The van der Waals surface area contributed by atoms with E-state index in [9.17, 15) is 13.2 Å². The number of benzene rings is 2. The predicted molar refractivity (Wildman–Crippen MR) is 129 cm³/mol. The van der Waals surface area contributed by atoms with Gasteiger partial charge in [-0.1, -0.05) is 25.5 Å². The van der Waals surface area contributed by atoms with Gasteiger partial charge in [-0.15, -0.1) is 0 Å². The predicted octanol–water partition coefficient (Wildman–Crippen LogP) is 6.65. The lowest BCUT2D eigenvalue weighted by Gasteiger charge is -2.14. The second-order valence-corrected chi connectivity index (χ2v) is 8.12. The van der Waals surface area contributed by atoms with Crippen LogP contribution in [0.15, 0.2) is 60.8 Å². The summed E-state index contributed by atoms with van der Waals surface area (Å²) >= 11 is 0.